The van der Waals surface area contributed by atoms with Gasteiger partial charge < -0.3 is 4.90 Å². The van der Waals surface area contributed by atoms with Crippen LogP contribution < -0.4 is 4.90 Å². The van der Waals surface area contributed by atoms with Crippen molar-refractivity contribution in [3.8, 4) is 0 Å². The Bertz CT molecular complexity index is 875. The molecular weight excluding hydrogens is 332 g/mol. The first-order valence-corrected chi connectivity index (χ1v) is 8.79. The highest BCUT2D eigenvalue weighted by Crippen LogP contribution is 2.52. The average Bonchev–Trinajstić information content (AvgIpc) is 2.99. The summed E-state index contributed by atoms with van der Waals surface area (Å²) in [6, 6.07) is 12.6. The van der Waals surface area contributed by atoms with Gasteiger partial charge >= 0.3 is 0 Å². The first-order valence-electron chi connectivity index (χ1n) is 6.75. The molecule has 0 unspecified atom stereocenters. The number of likely N-dealkylation sites (N-methyl/N-ethyl adjacent to an activating group) is 1. The van der Waals surface area contributed by atoms with E-state index in [1.54, 1.807) is 18.8 Å². The molecule has 0 atom stereocenters. The Labute approximate surface area is 142 Å². The first-order chi connectivity index (χ1) is 10.6. The quantitative estimate of drug-likeness (QED) is 0.530. The molecule has 2 aromatic carbocycles. The maximum atomic E-state index is 12.4. The number of hydrogen-bond acceptors (Lipinski definition) is 5. The molecule has 0 radical (unpaired) electrons. The van der Waals surface area contributed by atoms with Crippen LogP contribution in [0.4, 0.5) is 5.69 Å². The van der Waals surface area contributed by atoms with Crippen molar-refractivity contribution in [1.82, 2.24) is 4.90 Å². The molecule has 4 rings (SSSR count). The van der Waals surface area contributed by atoms with E-state index in [2.05, 4.69) is 29.2 Å². The number of benzene rings is 2. The van der Waals surface area contributed by atoms with Crippen molar-refractivity contribution < 1.29 is 4.79 Å². The van der Waals surface area contributed by atoms with Crippen LogP contribution in [0, 0.1) is 0 Å². The van der Waals surface area contributed by atoms with E-state index in [-0.39, 0.29) is 5.91 Å². The Balaban J connectivity index is 1.90. The Kier molecular flexibility index (Phi) is 3.21. The number of fused-ring (bicyclic) bond motifs is 3. The van der Waals surface area contributed by atoms with Crippen LogP contribution in [0.25, 0.3) is 10.8 Å². The number of thioether (sulfide) groups is 2. The van der Waals surface area contributed by atoms with Gasteiger partial charge in [-0.2, -0.15) is 0 Å². The van der Waals surface area contributed by atoms with Gasteiger partial charge in [0.25, 0.3) is 5.91 Å². The Morgan fingerprint density at radius 3 is 2.50 bits per heavy atom. The number of amides is 1. The topological polar surface area (TPSA) is 23.6 Å². The minimum atomic E-state index is -0.0125. The zero-order chi connectivity index (χ0) is 15.4. The Morgan fingerprint density at radius 1 is 1.00 bits per heavy atom. The molecule has 3 nitrogen and oxygen atoms in total. The summed E-state index contributed by atoms with van der Waals surface area (Å²) < 4.78 is 0.613. The zero-order valence-corrected chi connectivity index (χ0v) is 14.4. The lowest BCUT2D eigenvalue weighted by atomic mass is 10.1. The van der Waals surface area contributed by atoms with Crippen molar-refractivity contribution in [2.24, 2.45) is 0 Å². The highest BCUT2D eigenvalue weighted by molar-refractivity contribution is 8.27. The number of hydrogen-bond donors (Lipinski definition) is 0. The summed E-state index contributed by atoms with van der Waals surface area (Å²) in [5.74, 6) is -0.0125. The highest BCUT2D eigenvalue weighted by Gasteiger charge is 2.36. The molecule has 1 amide bonds. The van der Waals surface area contributed by atoms with Crippen LogP contribution in [0.3, 0.4) is 0 Å². The largest absolute Gasteiger partial charge is 0.337 e. The van der Waals surface area contributed by atoms with Gasteiger partial charge in [0, 0.05) is 24.4 Å². The first kappa shape index (κ1) is 14.1. The minimum Gasteiger partial charge on any atom is -0.337 e. The van der Waals surface area contributed by atoms with Crippen molar-refractivity contribution in [2.45, 2.75) is 4.90 Å². The maximum absolute atomic E-state index is 12.4. The van der Waals surface area contributed by atoms with Gasteiger partial charge in [0.1, 0.15) is 9.23 Å². The summed E-state index contributed by atoms with van der Waals surface area (Å²) in [4.78, 5) is 17.9. The molecular formula is C16H12N2OS3. The van der Waals surface area contributed by atoms with Crippen LogP contribution in [-0.4, -0.2) is 29.2 Å². The Hall–Kier alpha value is -1.50. The van der Waals surface area contributed by atoms with Crippen LogP contribution >= 0.6 is 35.7 Å². The van der Waals surface area contributed by atoms with E-state index in [0.29, 0.717) is 4.32 Å². The van der Waals surface area contributed by atoms with Crippen LogP contribution in [0.15, 0.2) is 51.2 Å². The van der Waals surface area contributed by atoms with E-state index in [1.165, 1.54) is 38.0 Å². The lowest BCUT2D eigenvalue weighted by Gasteiger charge is -2.16. The molecule has 2 aliphatic rings. The molecule has 0 spiro atoms. The summed E-state index contributed by atoms with van der Waals surface area (Å²) in [6.45, 7) is 0. The van der Waals surface area contributed by atoms with Crippen molar-refractivity contribution in [3.05, 3.63) is 46.3 Å². The molecule has 0 bridgehead atoms. The molecule has 0 N–H and O–H groups in total. The predicted octanol–water partition coefficient (Wildman–Crippen LogP) is 4.04. The van der Waals surface area contributed by atoms with Gasteiger partial charge in [-0.05, 0) is 11.5 Å². The third-order valence-electron chi connectivity index (χ3n) is 3.87. The van der Waals surface area contributed by atoms with Crippen molar-refractivity contribution in [3.63, 3.8) is 0 Å². The summed E-state index contributed by atoms with van der Waals surface area (Å²) in [6.07, 6.45) is 0. The van der Waals surface area contributed by atoms with E-state index >= 15 is 0 Å². The van der Waals surface area contributed by atoms with Gasteiger partial charge in [0.15, 0.2) is 0 Å². The number of nitrogens with zero attached hydrogens (tertiary/aromatic N) is 2. The number of carbonyl (C=O) groups is 1. The van der Waals surface area contributed by atoms with Gasteiger partial charge in [-0.15, -0.1) is 0 Å². The predicted molar refractivity (Wildman–Crippen MR) is 98.2 cm³/mol. The van der Waals surface area contributed by atoms with Crippen LogP contribution in [-0.2, 0) is 4.79 Å². The molecule has 1 fully saturated rings. The second-order valence-corrected chi connectivity index (χ2v) is 7.84. The smallest absolute Gasteiger partial charge is 0.268 e. The van der Waals surface area contributed by atoms with E-state index in [0.717, 1.165) is 9.93 Å². The SMILES string of the molecule is CN1C(=O)/C(=C2/Sc3ccc4ccccc4c3N2C)SC1=S. The molecule has 0 aromatic heterocycles. The van der Waals surface area contributed by atoms with E-state index in [9.17, 15) is 4.79 Å². The van der Waals surface area contributed by atoms with Gasteiger partial charge in [0.05, 0.1) is 10.7 Å². The molecule has 2 aliphatic heterocycles. The number of thiocarbonyl (C=S) groups is 1. The lowest BCUT2D eigenvalue weighted by molar-refractivity contribution is -0.121. The lowest BCUT2D eigenvalue weighted by Crippen LogP contribution is -2.23. The summed E-state index contributed by atoms with van der Waals surface area (Å²) in [5, 5.41) is 3.38. The molecule has 2 heterocycles. The van der Waals surface area contributed by atoms with Crippen LogP contribution in [0.2, 0.25) is 0 Å². The molecule has 1 saturated heterocycles. The molecule has 22 heavy (non-hydrogen) atoms. The van der Waals surface area contributed by atoms with Crippen LogP contribution in [0.1, 0.15) is 0 Å². The van der Waals surface area contributed by atoms with Crippen molar-refractivity contribution in [1.29, 1.82) is 0 Å². The minimum absolute atomic E-state index is 0.0125. The highest BCUT2D eigenvalue weighted by atomic mass is 32.2. The normalized spacial score (nSPS) is 21.2. The second-order valence-electron chi connectivity index (χ2n) is 5.16. The maximum Gasteiger partial charge on any atom is 0.268 e. The van der Waals surface area contributed by atoms with Gasteiger partial charge in [-0.25, -0.2) is 0 Å². The van der Waals surface area contributed by atoms with Crippen LogP contribution in [0.5, 0.6) is 0 Å². The number of anilines is 1. The van der Waals surface area contributed by atoms with E-state index < -0.39 is 0 Å². The summed E-state index contributed by atoms with van der Waals surface area (Å²) in [7, 11) is 3.75. The zero-order valence-electron chi connectivity index (χ0n) is 12.0. The standard InChI is InChI=1S/C16H12N2OS3/c1-17-12-10-6-4-3-5-9(10)7-8-11(12)21-15(17)13-14(19)18(2)16(20)22-13/h3-8H,1-2H3/b15-13-. The third-order valence-corrected chi connectivity index (χ3v) is 6.76. The molecule has 2 aromatic rings. The number of carbonyl (C=O) groups excluding carboxylic acids is 1. The number of rotatable bonds is 0. The van der Waals surface area contributed by atoms with Gasteiger partial charge in [0.2, 0.25) is 0 Å². The fourth-order valence-electron chi connectivity index (χ4n) is 2.71. The van der Waals surface area contributed by atoms with E-state index in [4.69, 9.17) is 12.2 Å². The average molecular weight is 344 g/mol. The summed E-state index contributed by atoms with van der Waals surface area (Å²) >= 11 is 8.27. The monoisotopic (exact) mass is 344 g/mol. The molecule has 0 saturated carbocycles. The Morgan fingerprint density at radius 2 is 1.77 bits per heavy atom. The molecule has 110 valence electrons. The van der Waals surface area contributed by atoms with Gasteiger partial charge in [-0.3, -0.25) is 9.69 Å². The summed E-state index contributed by atoms with van der Waals surface area (Å²) in [5.41, 5.74) is 1.17. The fraction of sp³-hybridized carbons (Fsp3) is 0.125. The second kappa shape index (κ2) is 5.01. The van der Waals surface area contributed by atoms with Gasteiger partial charge in [-0.1, -0.05) is 66.1 Å². The van der Waals surface area contributed by atoms with Crippen molar-refractivity contribution >= 4 is 62.4 Å². The molecule has 0 aliphatic carbocycles. The van der Waals surface area contributed by atoms with E-state index in [1.807, 2.05) is 19.2 Å². The van der Waals surface area contributed by atoms with Crippen molar-refractivity contribution in [2.75, 3.05) is 19.0 Å². The fourth-order valence-corrected chi connectivity index (χ4v) is 5.23. The molecule has 6 heteroatoms. The third kappa shape index (κ3) is 1.91.